The van der Waals surface area contributed by atoms with E-state index in [2.05, 4.69) is 0 Å². The maximum atomic E-state index is 14.1. The number of rotatable bonds is 5. The first-order valence-electron chi connectivity index (χ1n) is 7.89. The molecule has 1 saturated heterocycles. The van der Waals surface area contributed by atoms with Gasteiger partial charge in [0.25, 0.3) is 0 Å². The highest BCUT2D eigenvalue weighted by Crippen LogP contribution is 2.41. The highest BCUT2D eigenvalue weighted by atomic mass is 32.2. The Bertz CT molecular complexity index is 589. The number of hydrogen-bond donors (Lipinski definition) is 3. The summed E-state index contributed by atoms with van der Waals surface area (Å²) in [6, 6.07) is 0. The lowest BCUT2D eigenvalue weighted by Crippen LogP contribution is -2.60. The summed E-state index contributed by atoms with van der Waals surface area (Å²) in [6.45, 7) is -0.505. The third-order valence-corrected chi connectivity index (χ3v) is 5.88. The van der Waals surface area contributed by atoms with Crippen LogP contribution in [0, 0.1) is 5.41 Å². The van der Waals surface area contributed by atoms with Crippen molar-refractivity contribution in [3.63, 3.8) is 0 Å². The zero-order valence-electron chi connectivity index (χ0n) is 13.8. The highest BCUT2D eigenvalue weighted by Gasteiger charge is 2.55. The molecular formula is C14H23FO9S. The molecule has 2 rings (SSSR count). The van der Waals surface area contributed by atoms with Crippen molar-refractivity contribution in [1.29, 1.82) is 0 Å². The van der Waals surface area contributed by atoms with Crippen molar-refractivity contribution < 1.29 is 46.6 Å². The topological polar surface area (TPSA) is 140 Å². The number of carbonyl (C=O) groups is 1. The van der Waals surface area contributed by atoms with Crippen molar-refractivity contribution in [1.82, 2.24) is 0 Å². The minimum Gasteiger partial charge on any atom is -0.453 e. The summed E-state index contributed by atoms with van der Waals surface area (Å²) in [5.41, 5.74) is -1.000. The van der Waals surface area contributed by atoms with Gasteiger partial charge >= 0.3 is 21.1 Å². The van der Waals surface area contributed by atoms with Gasteiger partial charge in [0.15, 0.2) is 6.10 Å². The molecule has 1 aliphatic carbocycles. The van der Waals surface area contributed by atoms with E-state index < -0.39 is 38.4 Å². The molecule has 0 aromatic carbocycles. The van der Waals surface area contributed by atoms with Crippen molar-refractivity contribution >= 4 is 16.1 Å². The van der Waals surface area contributed by atoms with Gasteiger partial charge in [-0.3, -0.25) is 4.55 Å². The Kier molecular flexibility index (Phi) is 5.77. The molecule has 0 radical (unpaired) electrons. The van der Waals surface area contributed by atoms with E-state index in [1.807, 2.05) is 0 Å². The molecule has 0 amide bonds. The summed E-state index contributed by atoms with van der Waals surface area (Å²) in [4.78, 5) is 11.9. The van der Waals surface area contributed by atoms with Crippen molar-refractivity contribution in [3.8, 4) is 0 Å². The summed E-state index contributed by atoms with van der Waals surface area (Å²) < 4.78 is 61.3. The minimum atomic E-state index is -5.31. The maximum Gasteiger partial charge on any atom is 0.362 e. The number of aliphatic hydroxyl groups is 2. The second-order valence-corrected chi connectivity index (χ2v) is 8.45. The predicted molar refractivity (Wildman–Crippen MR) is 80.6 cm³/mol. The van der Waals surface area contributed by atoms with Crippen LogP contribution in [0.25, 0.3) is 0 Å². The molecule has 11 heteroatoms. The largest absolute Gasteiger partial charge is 0.453 e. The van der Waals surface area contributed by atoms with Crippen LogP contribution >= 0.6 is 0 Å². The molecular weight excluding hydrogens is 363 g/mol. The lowest BCUT2D eigenvalue weighted by molar-refractivity contribution is -0.353. The Hall–Kier alpha value is -0.850. The standard InChI is InChI=1S/C14H23FO9S/c1-12(15,25(19,20)21)11(18)24-10-4-2-3-5-14(10)22-8-13(6-16,7-17)9-23-14/h10,16-17H,2-9H2,1H3,(H,19,20,21). The average molecular weight is 386 g/mol. The molecule has 1 saturated carbocycles. The summed E-state index contributed by atoms with van der Waals surface area (Å²) in [6.07, 6.45) is 0.767. The summed E-state index contributed by atoms with van der Waals surface area (Å²) in [7, 11) is -5.31. The molecule has 3 N–H and O–H groups in total. The molecule has 0 aromatic rings. The van der Waals surface area contributed by atoms with Crippen LogP contribution < -0.4 is 0 Å². The number of hydrogen-bond acceptors (Lipinski definition) is 8. The van der Waals surface area contributed by atoms with Crippen LogP contribution in [-0.2, 0) is 29.1 Å². The average Bonchev–Trinajstić information content (AvgIpc) is 2.57. The molecule has 25 heavy (non-hydrogen) atoms. The van der Waals surface area contributed by atoms with Gasteiger partial charge in [-0.2, -0.15) is 8.42 Å². The van der Waals surface area contributed by atoms with E-state index in [1.54, 1.807) is 0 Å². The molecule has 1 spiro atoms. The number of esters is 1. The first-order chi connectivity index (χ1) is 11.5. The van der Waals surface area contributed by atoms with Gasteiger partial charge in [0.1, 0.15) is 0 Å². The van der Waals surface area contributed by atoms with Crippen LogP contribution in [0.2, 0.25) is 0 Å². The van der Waals surface area contributed by atoms with Crippen LogP contribution in [0.4, 0.5) is 4.39 Å². The fourth-order valence-corrected chi connectivity index (χ4v) is 3.03. The molecule has 2 aliphatic rings. The van der Waals surface area contributed by atoms with Gasteiger partial charge in [-0.15, -0.1) is 0 Å². The molecule has 2 unspecified atom stereocenters. The Morgan fingerprint density at radius 1 is 1.28 bits per heavy atom. The van der Waals surface area contributed by atoms with Crippen molar-refractivity contribution in [2.75, 3.05) is 26.4 Å². The molecule has 1 aliphatic heterocycles. The first kappa shape index (κ1) is 20.5. The SMILES string of the molecule is CC(F)(C(=O)OC1CCCCC12OCC(CO)(CO)CO2)S(=O)(=O)O. The predicted octanol–water partition coefficient (Wildman–Crippen LogP) is -0.240. The first-order valence-corrected chi connectivity index (χ1v) is 9.33. The van der Waals surface area contributed by atoms with Gasteiger partial charge in [-0.1, -0.05) is 0 Å². The molecule has 0 bridgehead atoms. The second kappa shape index (κ2) is 7.05. The molecule has 146 valence electrons. The van der Waals surface area contributed by atoms with Gasteiger partial charge in [-0.25, -0.2) is 9.18 Å². The molecule has 1 heterocycles. The monoisotopic (exact) mass is 386 g/mol. The molecule has 0 aromatic heterocycles. The van der Waals surface area contributed by atoms with E-state index in [4.69, 9.17) is 18.8 Å². The Morgan fingerprint density at radius 3 is 2.32 bits per heavy atom. The zero-order chi connectivity index (χ0) is 18.9. The number of carbonyl (C=O) groups excluding carboxylic acids is 1. The normalized spacial score (nSPS) is 28.3. The fourth-order valence-electron chi connectivity index (χ4n) is 2.77. The lowest BCUT2D eigenvalue weighted by Gasteiger charge is -2.49. The van der Waals surface area contributed by atoms with E-state index in [-0.39, 0.29) is 32.8 Å². The number of ether oxygens (including phenoxy) is 3. The van der Waals surface area contributed by atoms with Gasteiger partial charge < -0.3 is 24.4 Å². The van der Waals surface area contributed by atoms with Crippen LogP contribution in [0.1, 0.15) is 32.6 Å². The van der Waals surface area contributed by atoms with Gasteiger partial charge in [-0.05, 0) is 26.2 Å². The fraction of sp³-hybridized carbons (Fsp3) is 0.929. The van der Waals surface area contributed by atoms with Crippen molar-refractivity contribution in [3.05, 3.63) is 0 Å². The minimum absolute atomic E-state index is 0.0702. The number of halogens is 1. The van der Waals surface area contributed by atoms with Gasteiger partial charge in [0, 0.05) is 6.42 Å². The second-order valence-electron chi connectivity index (χ2n) is 6.74. The van der Waals surface area contributed by atoms with Crippen LogP contribution in [-0.4, -0.2) is 72.5 Å². The molecule has 2 atom stereocenters. The summed E-state index contributed by atoms with van der Waals surface area (Å²) in [5, 5.41) is 15.2. The van der Waals surface area contributed by atoms with E-state index in [1.165, 1.54) is 0 Å². The quantitative estimate of drug-likeness (QED) is 0.431. The Labute approximate surface area is 144 Å². The number of aliphatic hydroxyl groups excluding tert-OH is 2. The Balaban J connectivity index is 2.16. The van der Waals surface area contributed by atoms with Gasteiger partial charge in [0.2, 0.25) is 5.79 Å². The van der Waals surface area contributed by atoms with Crippen LogP contribution in [0.5, 0.6) is 0 Å². The molecule has 9 nitrogen and oxygen atoms in total. The third-order valence-electron chi connectivity index (χ3n) is 4.75. The van der Waals surface area contributed by atoms with Crippen LogP contribution in [0.3, 0.4) is 0 Å². The third kappa shape index (κ3) is 3.81. The van der Waals surface area contributed by atoms with Gasteiger partial charge in [0.05, 0.1) is 31.8 Å². The maximum absolute atomic E-state index is 14.1. The summed E-state index contributed by atoms with van der Waals surface area (Å²) >= 11 is 0. The zero-order valence-corrected chi connectivity index (χ0v) is 14.6. The number of alkyl halides is 1. The van der Waals surface area contributed by atoms with Crippen molar-refractivity contribution in [2.45, 2.75) is 49.5 Å². The van der Waals surface area contributed by atoms with Crippen LogP contribution in [0.15, 0.2) is 0 Å². The molecule has 2 fully saturated rings. The highest BCUT2D eigenvalue weighted by molar-refractivity contribution is 7.87. The van der Waals surface area contributed by atoms with E-state index in [9.17, 15) is 27.8 Å². The van der Waals surface area contributed by atoms with E-state index in [0.29, 0.717) is 26.2 Å². The smallest absolute Gasteiger partial charge is 0.362 e. The summed E-state index contributed by atoms with van der Waals surface area (Å²) in [5.74, 6) is -3.16. The van der Waals surface area contributed by atoms with Crippen molar-refractivity contribution in [2.24, 2.45) is 5.41 Å². The Morgan fingerprint density at radius 2 is 1.84 bits per heavy atom. The lowest BCUT2D eigenvalue weighted by atomic mass is 9.86. The van der Waals surface area contributed by atoms with E-state index >= 15 is 0 Å². The van der Waals surface area contributed by atoms with E-state index in [0.717, 1.165) is 0 Å².